The molecular weight excluding hydrogens is 510 g/mol. The van der Waals surface area contributed by atoms with E-state index >= 15 is 0 Å². The molecule has 2 aliphatic heterocycles. The molecule has 1 atom stereocenters. The molecule has 37 heavy (non-hydrogen) atoms. The van der Waals surface area contributed by atoms with Crippen LogP contribution in [0, 0.1) is 20.8 Å². The minimum Gasteiger partial charge on any atom is -0.426 e. The highest BCUT2D eigenvalue weighted by Gasteiger charge is 2.33. The lowest BCUT2D eigenvalue weighted by Crippen LogP contribution is -2.16. The molecule has 4 aromatic rings. The van der Waals surface area contributed by atoms with E-state index in [1.165, 1.54) is 4.88 Å². The molecule has 0 amide bonds. The number of aromatic nitrogens is 3. The first-order chi connectivity index (χ1) is 17.8. The van der Waals surface area contributed by atoms with Crippen LogP contribution in [-0.2, 0) is 22.7 Å². The van der Waals surface area contributed by atoms with E-state index in [-0.39, 0.29) is 6.42 Å². The largest absolute Gasteiger partial charge is 0.426 e. The van der Waals surface area contributed by atoms with Crippen LogP contribution in [0.15, 0.2) is 41.4 Å². The van der Waals surface area contributed by atoms with Crippen LogP contribution in [0.5, 0.6) is 5.75 Å². The SMILES string of the molecule is Cc1sc2c(c1C)C(c1ccc(Cl)cc1)=N[C@@H](CC(=O)Oc1ccc(N)c3c1COC3)c1nnc(C)n1-2. The fourth-order valence-corrected chi connectivity index (χ4v) is 6.16. The maximum Gasteiger partial charge on any atom is 0.313 e. The van der Waals surface area contributed by atoms with Crippen LogP contribution in [0.2, 0.25) is 5.02 Å². The molecule has 0 unspecified atom stereocenters. The first kappa shape index (κ1) is 23.8. The predicted molar refractivity (Wildman–Crippen MR) is 143 cm³/mol. The van der Waals surface area contributed by atoms with Gasteiger partial charge in [0.1, 0.15) is 22.6 Å². The average Bonchev–Trinajstić information content (AvgIpc) is 3.56. The first-order valence-electron chi connectivity index (χ1n) is 11.9. The molecule has 8 nitrogen and oxygen atoms in total. The third-order valence-electron chi connectivity index (χ3n) is 6.86. The van der Waals surface area contributed by atoms with Crippen molar-refractivity contribution in [3.05, 3.63) is 85.8 Å². The van der Waals surface area contributed by atoms with E-state index in [2.05, 4.69) is 24.0 Å². The van der Waals surface area contributed by atoms with Crippen molar-refractivity contribution in [1.82, 2.24) is 14.8 Å². The number of hydrogen-bond acceptors (Lipinski definition) is 8. The molecule has 10 heteroatoms. The summed E-state index contributed by atoms with van der Waals surface area (Å²) in [4.78, 5) is 19.6. The molecular formula is C27H24ClN5O3S. The third kappa shape index (κ3) is 4.03. The van der Waals surface area contributed by atoms with Crippen molar-refractivity contribution in [2.24, 2.45) is 4.99 Å². The van der Waals surface area contributed by atoms with E-state index in [0.717, 1.165) is 44.4 Å². The van der Waals surface area contributed by atoms with Crippen molar-refractivity contribution in [3.63, 3.8) is 0 Å². The summed E-state index contributed by atoms with van der Waals surface area (Å²) < 4.78 is 13.4. The van der Waals surface area contributed by atoms with Crippen LogP contribution in [0.4, 0.5) is 5.69 Å². The highest BCUT2D eigenvalue weighted by atomic mass is 35.5. The lowest BCUT2D eigenvalue weighted by atomic mass is 9.99. The minimum atomic E-state index is -0.600. The Bertz CT molecular complexity index is 1590. The number of nitrogens with two attached hydrogens (primary N) is 1. The van der Waals surface area contributed by atoms with Gasteiger partial charge in [-0.2, -0.15) is 0 Å². The van der Waals surface area contributed by atoms with Crippen molar-refractivity contribution in [2.45, 2.75) is 46.4 Å². The number of rotatable bonds is 4. The van der Waals surface area contributed by atoms with Gasteiger partial charge in [0, 0.05) is 37.8 Å². The summed E-state index contributed by atoms with van der Waals surface area (Å²) in [5, 5.41) is 10.4. The van der Waals surface area contributed by atoms with Gasteiger partial charge in [0.05, 0.1) is 25.3 Å². The summed E-state index contributed by atoms with van der Waals surface area (Å²) >= 11 is 7.85. The van der Waals surface area contributed by atoms with Gasteiger partial charge in [-0.25, -0.2) is 0 Å². The summed E-state index contributed by atoms with van der Waals surface area (Å²) in [5.41, 5.74) is 12.2. The number of nitrogens with zero attached hydrogens (tertiary/aromatic N) is 4. The van der Waals surface area contributed by atoms with Crippen LogP contribution in [0.25, 0.3) is 5.00 Å². The Hall–Kier alpha value is -3.53. The van der Waals surface area contributed by atoms with Gasteiger partial charge in [-0.15, -0.1) is 21.5 Å². The lowest BCUT2D eigenvalue weighted by molar-refractivity contribution is -0.134. The van der Waals surface area contributed by atoms with Crippen molar-refractivity contribution in [3.8, 4) is 10.8 Å². The number of hydrogen-bond donors (Lipinski definition) is 1. The second-order valence-electron chi connectivity index (χ2n) is 9.19. The predicted octanol–water partition coefficient (Wildman–Crippen LogP) is 5.41. The van der Waals surface area contributed by atoms with Gasteiger partial charge in [-0.05, 0) is 50.6 Å². The standard InChI is InChI=1S/C27H24ClN5O3S/c1-13-14(2)37-27-24(13)25(16-4-6-17(28)7-5-16)30-21(26-32-31-15(3)33(26)27)10-23(34)36-22-9-8-20(29)18-11-35-12-19(18)22/h4-9,21H,10-12,29H2,1-3H3/t21-/m0/s1. The Labute approximate surface area is 222 Å². The zero-order chi connectivity index (χ0) is 25.8. The summed E-state index contributed by atoms with van der Waals surface area (Å²) in [5.74, 6) is 1.38. The molecule has 0 bridgehead atoms. The molecule has 0 saturated heterocycles. The number of carbonyl (C=O) groups is 1. The quantitative estimate of drug-likeness (QED) is 0.214. The number of nitrogen functional groups attached to an aromatic ring is 1. The first-order valence-corrected chi connectivity index (χ1v) is 13.1. The Balaban J connectivity index is 1.43. The number of halogens is 1. The summed E-state index contributed by atoms with van der Waals surface area (Å²) in [6, 6.07) is 10.4. The van der Waals surface area contributed by atoms with E-state index in [1.54, 1.807) is 23.5 Å². The smallest absolute Gasteiger partial charge is 0.313 e. The Kier molecular flexibility index (Phi) is 5.86. The average molecular weight is 534 g/mol. The van der Waals surface area contributed by atoms with Crippen LogP contribution >= 0.6 is 22.9 Å². The molecule has 0 aliphatic carbocycles. The zero-order valence-corrected chi connectivity index (χ0v) is 22.1. The van der Waals surface area contributed by atoms with Crippen LogP contribution in [0.3, 0.4) is 0 Å². The molecule has 188 valence electrons. The Morgan fingerprint density at radius 3 is 2.68 bits per heavy atom. The normalized spacial score (nSPS) is 16.0. The van der Waals surface area contributed by atoms with E-state index in [4.69, 9.17) is 31.8 Å². The van der Waals surface area contributed by atoms with Crippen LogP contribution in [0.1, 0.15) is 56.8 Å². The zero-order valence-electron chi connectivity index (χ0n) is 20.5. The number of anilines is 1. The lowest BCUT2D eigenvalue weighted by Gasteiger charge is -2.14. The van der Waals surface area contributed by atoms with E-state index < -0.39 is 12.0 Å². The van der Waals surface area contributed by atoms with Crippen LogP contribution in [-0.4, -0.2) is 26.4 Å². The van der Waals surface area contributed by atoms with Gasteiger partial charge in [0.15, 0.2) is 5.82 Å². The summed E-state index contributed by atoms with van der Waals surface area (Å²) in [6.45, 7) is 6.86. The number of benzene rings is 2. The monoisotopic (exact) mass is 533 g/mol. The van der Waals surface area contributed by atoms with Crippen molar-refractivity contribution in [1.29, 1.82) is 0 Å². The molecule has 0 saturated carbocycles. The number of aryl methyl sites for hydroxylation is 2. The Morgan fingerprint density at radius 1 is 1.14 bits per heavy atom. The highest BCUT2D eigenvalue weighted by Crippen LogP contribution is 2.40. The van der Waals surface area contributed by atoms with Gasteiger partial charge < -0.3 is 15.2 Å². The number of aliphatic imine (C=N–C) groups is 1. The summed E-state index contributed by atoms with van der Waals surface area (Å²) in [7, 11) is 0. The van der Waals surface area contributed by atoms with Gasteiger partial charge in [0.25, 0.3) is 0 Å². The molecule has 0 fully saturated rings. The number of esters is 1. The maximum atomic E-state index is 13.3. The summed E-state index contributed by atoms with van der Waals surface area (Å²) in [6.07, 6.45) is -0.0117. The van der Waals surface area contributed by atoms with Crippen molar-refractivity contribution < 1.29 is 14.3 Å². The molecule has 0 spiro atoms. The Morgan fingerprint density at radius 2 is 1.89 bits per heavy atom. The van der Waals surface area contributed by atoms with Gasteiger partial charge in [-0.3, -0.25) is 14.4 Å². The number of thiophene rings is 1. The molecule has 2 aromatic heterocycles. The number of carbonyl (C=O) groups excluding carboxylic acids is 1. The van der Waals surface area contributed by atoms with E-state index in [9.17, 15) is 4.79 Å². The van der Waals surface area contributed by atoms with E-state index in [0.29, 0.717) is 35.5 Å². The fourth-order valence-electron chi connectivity index (χ4n) is 4.82. The van der Waals surface area contributed by atoms with Crippen molar-refractivity contribution in [2.75, 3.05) is 5.73 Å². The van der Waals surface area contributed by atoms with Gasteiger partial charge >= 0.3 is 5.97 Å². The number of fused-ring (bicyclic) bond motifs is 4. The second-order valence-corrected chi connectivity index (χ2v) is 10.8. The van der Waals surface area contributed by atoms with Gasteiger partial charge in [-0.1, -0.05) is 23.7 Å². The molecule has 6 rings (SSSR count). The minimum absolute atomic E-state index is 0.0117. The number of ether oxygens (including phenoxy) is 2. The fraction of sp³-hybridized carbons (Fsp3) is 0.259. The second kappa shape index (κ2) is 9.09. The molecule has 4 heterocycles. The van der Waals surface area contributed by atoms with E-state index in [1.807, 2.05) is 35.8 Å². The molecule has 2 aliphatic rings. The van der Waals surface area contributed by atoms with Gasteiger partial charge in [0.2, 0.25) is 0 Å². The molecule has 2 aromatic carbocycles. The maximum absolute atomic E-state index is 13.3. The van der Waals surface area contributed by atoms with Crippen LogP contribution < -0.4 is 10.5 Å². The topological polar surface area (TPSA) is 105 Å². The highest BCUT2D eigenvalue weighted by molar-refractivity contribution is 7.15. The molecule has 2 N–H and O–H groups in total. The third-order valence-corrected chi connectivity index (χ3v) is 8.30. The molecule has 0 radical (unpaired) electrons. The van der Waals surface area contributed by atoms with Crippen molar-refractivity contribution >= 4 is 40.3 Å².